The van der Waals surface area contributed by atoms with Crippen molar-refractivity contribution >= 4 is 11.6 Å². The van der Waals surface area contributed by atoms with Crippen LogP contribution in [-0.2, 0) is 0 Å². The van der Waals surface area contributed by atoms with Crippen molar-refractivity contribution in [2.75, 3.05) is 5.32 Å². The average Bonchev–Trinajstić information content (AvgIpc) is 2.36. The second kappa shape index (κ2) is 5.02. The molecule has 0 bridgehead atoms. The normalized spacial score (nSPS) is 10.2. The van der Waals surface area contributed by atoms with Crippen LogP contribution in [0.1, 0.15) is 21.5 Å². The summed E-state index contributed by atoms with van der Waals surface area (Å²) in [4.78, 5) is 12.0. The Bertz CT molecular complexity index is 618. The van der Waals surface area contributed by atoms with E-state index in [4.69, 9.17) is 0 Å². The minimum Gasteiger partial charge on any atom is -0.508 e. The molecule has 0 radical (unpaired) electrons. The Morgan fingerprint density at radius 1 is 1.00 bits per heavy atom. The number of amides is 1. The highest BCUT2D eigenvalue weighted by Gasteiger charge is 2.10. The van der Waals surface area contributed by atoms with Crippen molar-refractivity contribution in [2.45, 2.75) is 13.8 Å². The van der Waals surface area contributed by atoms with Gasteiger partial charge in [0.1, 0.15) is 11.5 Å². The van der Waals surface area contributed by atoms with Gasteiger partial charge in [0, 0.05) is 11.6 Å². The molecule has 4 heteroatoms. The van der Waals surface area contributed by atoms with E-state index < -0.39 is 0 Å². The van der Waals surface area contributed by atoms with Crippen LogP contribution in [-0.4, -0.2) is 16.1 Å². The zero-order chi connectivity index (χ0) is 14.0. The van der Waals surface area contributed by atoms with E-state index in [0.717, 1.165) is 5.56 Å². The number of benzene rings is 2. The van der Waals surface area contributed by atoms with Crippen molar-refractivity contribution < 1.29 is 15.0 Å². The van der Waals surface area contributed by atoms with Crippen LogP contribution in [0, 0.1) is 13.8 Å². The van der Waals surface area contributed by atoms with Gasteiger partial charge in [0.2, 0.25) is 0 Å². The van der Waals surface area contributed by atoms with Gasteiger partial charge < -0.3 is 15.5 Å². The van der Waals surface area contributed by atoms with Crippen LogP contribution in [0.25, 0.3) is 0 Å². The summed E-state index contributed by atoms with van der Waals surface area (Å²) in [6.07, 6.45) is 0. The number of phenols is 2. The molecule has 0 atom stereocenters. The highest BCUT2D eigenvalue weighted by atomic mass is 16.3. The third-order valence-corrected chi connectivity index (χ3v) is 2.88. The summed E-state index contributed by atoms with van der Waals surface area (Å²) in [6, 6.07) is 9.81. The van der Waals surface area contributed by atoms with E-state index in [1.165, 1.54) is 12.1 Å². The topological polar surface area (TPSA) is 69.6 Å². The summed E-state index contributed by atoms with van der Waals surface area (Å²) >= 11 is 0. The molecule has 98 valence electrons. The molecule has 2 aromatic rings. The first-order chi connectivity index (χ1) is 8.97. The molecular weight excluding hydrogens is 242 g/mol. The smallest absolute Gasteiger partial charge is 0.255 e. The second-order valence-corrected chi connectivity index (χ2v) is 4.48. The molecule has 0 unspecified atom stereocenters. The standard InChI is InChI=1S/C15H15NO3/c1-9-3-5-11(6-4-9)15(19)16-12-8-13(17)10(2)7-14(12)18/h3-8,17-18H,1-2H3,(H,16,19). The quantitative estimate of drug-likeness (QED) is 0.572. The van der Waals surface area contributed by atoms with Gasteiger partial charge in [0.15, 0.2) is 0 Å². The predicted molar refractivity (Wildman–Crippen MR) is 73.6 cm³/mol. The van der Waals surface area contributed by atoms with Crippen LogP contribution >= 0.6 is 0 Å². The zero-order valence-electron chi connectivity index (χ0n) is 10.8. The summed E-state index contributed by atoms with van der Waals surface area (Å²) in [7, 11) is 0. The third-order valence-electron chi connectivity index (χ3n) is 2.88. The molecule has 2 rings (SSSR count). The Morgan fingerprint density at radius 2 is 1.63 bits per heavy atom. The molecule has 1 amide bonds. The molecule has 2 aromatic carbocycles. The molecule has 0 aliphatic heterocycles. The number of phenolic OH excluding ortho intramolecular Hbond substituents is 2. The van der Waals surface area contributed by atoms with Gasteiger partial charge in [-0.05, 0) is 37.6 Å². The molecule has 0 aliphatic rings. The van der Waals surface area contributed by atoms with Gasteiger partial charge in [0.05, 0.1) is 5.69 Å². The summed E-state index contributed by atoms with van der Waals surface area (Å²) in [5, 5.41) is 21.9. The number of aryl methyl sites for hydroxylation is 2. The number of anilines is 1. The Labute approximate surface area is 111 Å². The molecular formula is C15H15NO3. The molecule has 19 heavy (non-hydrogen) atoms. The van der Waals surface area contributed by atoms with Crippen molar-refractivity contribution in [3.8, 4) is 11.5 Å². The van der Waals surface area contributed by atoms with Crippen molar-refractivity contribution in [1.29, 1.82) is 0 Å². The first-order valence-electron chi connectivity index (χ1n) is 5.88. The highest BCUT2D eigenvalue weighted by molar-refractivity contribution is 6.05. The minimum atomic E-state index is -0.335. The second-order valence-electron chi connectivity index (χ2n) is 4.48. The van der Waals surface area contributed by atoms with E-state index in [1.54, 1.807) is 19.1 Å². The SMILES string of the molecule is Cc1ccc(C(=O)Nc2cc(O)c(C)cc2O)cc1. The maximum absolute atomic E-state index is 12.0. The van der Waals surface area contributed by atoms with Crippen LogP contribution in [0.3, 0.4) is 0 Å². The van der Waals surface area contributed by atoms with Crippen LogP contribution in [0.2, 0.25) is 0 Å². The lowest BCUT2D eigenvalue weighted by Crippen LogP contribution is -2.11. The van der Waals surface area contributed by atoms with Gasteiger partial charge in [-0.2, -0.15) is 0 Å². The van der Waals surface area contributed by atoms with Crippen molar-refractivity contribution in [3.05, 3.63) is 53.1 Å². The fourth-order valence-corrected chi connectivity index (χ4v) is 1.68. The Hall–Kier alpha value is -2.49. The van der Waals surface area contributed by atoms with E-state index in [0.29, 0.717) is 11.1 Å². The maximum Gasteiger partial charge on any atom is 0.255 e. The lowest BCUT2D eigenvalue weighted by molar-refractivity contribution is 0.102. The average molecular weight is 257 g/mol. The Kier molecular flexibility index (Phi) is 3.42. The fourth-order valence-electron chi connectivity index (χ4n) is 1.68. The van der Waals surface area contributed by atoms with Crippen LogP contribution in [0.15, 0.2) is 36.4 Å². The maximum atomic E-state index is 12.0. The van der Waals surface area contributed by atoms with E-state index in [1.807, 2.05) is 19.1 Å². The predicted octanol–water partition coefficient (Wildman–Crippen LogP) is 2.97. The first-order valence-corrected chi connectivity index (χ1v) is 5.88. The van der Waals surface area contributed by atoms with E-state index in [-0.39, 0.29) is 23.1 Å². The Balaban J connectivity index is 2.24. The van der Waals surface area contributed by atoms with E-state index in [9.17, 15) is 15.0 Å². The van der Waals surface area contributed by atoms with Gasteiger partial charge in [-0.15, -0.1) is 0 Å². The molecule has 0 heterocycles. The molecule has 0 spiro atoms. The highest BCUT2D eigenvalue weighted by Crippen LogP contribution is 2.31. The molecule has 0 aromatic heterocycles. The van der Waals surface area contributed by atoms with Gasteiger partial charge in [-0.25, -0.2) is 0 Å². The van der Waals surface area contributed by atoms with Crippen LogP contribution in [0.5, 0.6) is 11.5 Å². The third kappa shape index (κ3) is 2.85. The van der Waals surface area contributed by atoms with Crippen molar-refractivity contribution in [3.63, 3.8) is 0 Å². The zero-order valence-corrected chi connectivity index (χ0v) is 10.8. The Morgan fingerprint density at radius 3 is 2.26 bits per heavy atom. The molecule has 4 nitrogen and oxygen atoms in total. The van der Waals surface area contributed by atoms with Crippen molar-refractivity contribution in [2.24, 2.45) is 0 Å². The number of nitrogens with one attached hydrogen (secondary N) is 1. The minimum absolute atomic E-state index is 0.0250. The molecule has 0 aliphatic carbocycles. The van der Waals surface area contributed by atoms with Crippen LogP contribution in [0.4, 0.5) is 5.69 Å². The van der Waals surface area contributed by atoms with E-state index in [2.05, 4.69) is 5.32 Å². The summed E-state index contributed by atoms with van der Waals surface area (Å²) in [6.45, 7) is 3.60. The number of aromatic hydroxyl groups is 2. The molecule has 3 N–H and O–H groups in total. The van der Waals surface area contributed by atoms with Crippen LogP contribution < -0.4 is 5.32 Å². The van der Waals surface area contributed by atoms with E-state index >= 15 is 0 Å². The van der Waals surface area contributed by atoms with Crippen molar-refractivity contribution in [1.82, 2.24) is 0 Å². The van der Waals surface area contributed by atoms with Gasteiger partial charge in [-0.3, -0.25) is 4.79 Å². The molecule has 0 fully saturated rings. The first kappa shape index (κ1) is 13.0. The number of carbonyl (C=O) groups excluding carboxylic acids is 1. The summed E-state index contributed by atoms with van der Waals surface area (Å²) in [5.74, 6) is -0.383. The lowest BCUT2D eigenvalue weighted by Gasteiger charge is -2.09. The van der Waals surface area contributed by atoms with Gasteiger partial charge in [0.25, 0.3) is 5.91 Å². The summed E-state index contributed by atoms with van der Waals surface area (Å²) in [5.41, 5.74) is 2.29. The fraction of sp³-hybridized carbons (Fsp3) is 0.133. The number of rotatable bonds is 2. The largest absolute Gasteiger partial charge is 0.508 e. The monoisotopic (exact) mass is 257 g/mol. The molecule has 0 saturated carbocycles. The molecule has 0 saturated heterocycles. The lowest BCUT2D eigenvalue weighted by atomic mass is 10.1. The number of carbonyl (C=O) groups is 1. The number of hydrogen-bond donors (Lipinski definition) is 3. The van der Waals surface area contributed by atoms with Gasteiger partial charge in [-0.1, -0.05) is 17.7 Å². The van der Waals surface area contributed by atoms with Gasteiger partial charge >= 0.3 is 0 Å². The number of hydrogen-bond acceptors (Lipinski definition) is 3. The summed E-state index contributed by atoms with van der Waals surface area (Å²) < 4.78 is 0.